The van der Waals surface area contributed by atoms with Crippen LogP contribution in [0, 0.1) is 0 Å². The number of nitrogens with zero attached hydrogens (tertiary/aromatic N) is 4. The van der Waals surface area contributed by atoms with Crippen molar-refractivity contribution in [2.75, 3.05) is 31.9 Å². The molecule has 2 aliphatic rings. The molecule has 2 aromatic rings. The summed E-state index contributed by atoms with van der Waals surface area (Å²) in [4.78, 5) is 29.1. The molecule has 0 aliphatic carbocycles. The van der Waals surface area contributed by atoms with Crippen molar-refractivity contribution in [1.29, 1.82) is 0 Å². The summed E-state index contributed by atoms with van der Waals surface area (Å²) in [5, 5.41) is 4.38. The smallest absolute Gasteiger partial charge is 0.257 e. The summed E-state index contributed by atoms with van der Waals surface area (Å²) in [5.41, 5.74) is 3.06. The van der Waals surface area contributed by atoms with Crippen LogP contribution in [0.5, 0.6) is 0 Å². The highest BCUT2D eigenvalue weighted by Gasteiger charge is 2.28. The Morgan fingerprint density at radius 2 is 1.71 bits per heavy atom. The van der Waals surface area contributed by atoms with Gasteiger partial charge < -0.3 is 9.80 Å². The summed E-state index contributed by atoms with van der Waals surface area (Å²) >= 11 is 1.65. The van der Waals surface area contributed by atoms with Crippen molar-refractivity contribution in [2.24, 2.45) is 0 Å². The number of fused-ring (bicyclic) bond motifs is 1. The molecule has 0 N–H and O–H groups in total. The van der Waals surface area contributed by atoms with Crippen molar-refractivity contribution in [2.45, 2.75) is 31.6 Å². The van der Waals surface area contributed by atoms with Gasteiger partial charge in [0.25, 0.3) is 5.91 Å². The van der Waals surface area contributed by atoms with Crippen LogP contribution in [0.25, 0.3) is 0 Å². The molecule has 1 aromatic heterocycles. The minimum Gasteiger partial charge on any atom is -0.338 e. The quantitative estimate of drug-likeness (QED) is 0.776. The van der Waals surface area contributed by atoms with Crippen LogP contribution < -0.4 is 0 Å². The minimum atomic E-state index is 0.0636. The van der Waals surface area contributed by atoms with Gasteiger partial charge in [0.1, 0.15) is 0 Å². The predicted molar refractivity (Wildman–Crippen MR) is 110 cm³/mol. The van der Waals surface area contributed by atoms with Crippen molar-refractivity contribution in [3.63, 3.8) is 0 Å². The number of rotatable bonds is 5. The molecule has 0 unspecified atom stereocenters. The van der Waals surface area contributed by atoms with Crippen LogP contribution in [0.2, 0.25) is 0 Å². The number of carbonyl (C=O) groups is 2. The maximum atomic E-state index is 12.9. The number of aromatic nitrogens is 2. The van der Waals surface area contributed by atoms with Gasteiger partial charge >= 0.3 is 0 Å². The normalized spacial score (nSPS) is 16.7. The van der Waals surface area contributed by atoms with Crippen LogP contribution in [-0.4, -0.2) is 63.3 Å². The Morgan fingerprint density at radius 3 is 2.50 bits per heavy atom. The van der Waals surface area contributed by atoms with Crippen molar-refractivity contribution in [1.82, 2.24) is 19.6 Å². The lowest BCUT2D eigenvalue weighted by molar-refractivity contribution is -0.129. The topological polar surface area (TPSA) is 58.4 Å². The van der Waals surface area contributed by atoms with E-state index < -0.39 is 0 Å². The highest BCUT2D eigenvalue weighted by molar-refractivity contribution is 7.99. The molecular formula is C21H26N4O2S. The standard InChI is InChI=1S/C21H26N4O2S/c26-20(16-28-15-17-6-2-1-3-7-17)23-10-12-24(13-11-23)21(27)18-14-22-25-9-5-4-8-19(18)25/h1-3,6-7,14H,4-5,8-13,15-16H2. The monoisotopic (exact) mass is 398 g/mol. The van der Waals surface area contributed by atoms with Crippen LogP contribution in [0.4, 0.5) is 0 Å². The van der Waals surface area contributed by atoms with Gasteiger partial charge in [-0.25, -0.2) is 0 Å². The summed E-state index contributed by atoms with van der Waals surface area (Å²) in [7, 11) is 0. The lowest BCUT2D eigenvalue weighted by Crippen LogP contribution is -2.51. The molecule has 1 fully saturated rings. The van der Waals surface area contributed by atoms with Crippen LogP contribution in [0.15, 0.2) is 36.5 Å². The lowest BCUT2D eigenvalue weighted by Gasteiger charge is -2.35. The molecule has 6 nitrogen and oxygen atoms in total. The maximum absolute atomic E-state index is 12.9. The van der Waals surface area contributed by atoms with Crippen molar-refractivity contribution < 1.29 is 9.59 Å². The first-order valence-electron chi connectivity index (χ1n) is 9.96. The van der Waals surface area contributed by atoms with E-state index in [4.69, 9.17) is 0 Å². The lowest BCUT2D eigenvalue weighted by atomic mass is 10.1. The summed E-state index contributed by atoms with van der Waals surface area (Å²) in [6, 6.07) is 10.2. The number of carbonyl (C=O) groups excluding carboxylic acids is 2. The zero-order valence-corrected chi connectivity index (χ0v) is 16.9. The van der Waals surface area contributed by atoms with Crippen LogP contribution in [0.1, 0.15) is 34.5 Å². The number of hydrogen-bond donors (Lipinski definition) is 0. The molecule has 0 radical (unpaired) electrons. The number of piperazine rings is 1. The number of aryl methyl sites for hydroxylation is 1. The van der Waals surface area contributed by atoms with E-state index in [0.29, 0.717) is 31.9 Å². The molecule has 2 aliphatic heterocycles. The molecule has 3 heterocycles. The molecule has 0 bridgehead atoms. The van der Waals surface area contributed by atoms with E-state index in [2.05, 4.69) is 17.2 Å². The molecule has 0 atom stereocenters. The molecule has 28 heavy (non-hydrogen) atoms. The Hall–Kier alpha value is -2.28. The Labute approximate surface area is 169 Å². The van der Waals surface area contributed by atoms with E-state index in [9.17, 15) is 9.59 Å². The van der Waals surface area contributed by atoms with Gasteiger partial charge in [-0.1, -0.05) is 30.3 Å². The minimum absolute atomic E-state index is 0.0636. The maximum Gasteiger partial charge on any atom is 0.257 e. The Balaban J connectivity index is 1.25. The van der Waals surface area contributed by atoms with Crippen molar-refractivity contribution in [3.05, 3.63) is 53.3 Å². The summed E-state index contributed by atoms with van der Waals surface area (Å²) in [5.74, 6) is 1.56. The Morgan fingerprint density at radius 1 is 0.964 bits per heavy atom. The summed E-state index contributed by atoms with van der Waals surface area (Å²) in [6.45, 7) is 3.32. The number of benzene rings is 1. The van der Waals surface area contributed by atoms with Crippen LogP contribution in [-0.2, 0) is 23.5 Å². The van der Waals surface area contributed by atoms with Crippen LogP contribution in [0.3, 0.4) is 0 Å². The number of thioether (sulfide) groups is 1. The second kappa shape index (κ2) is 8.82. The van der Waals surface area contributed by atoms with E-state index in [1.54, 1.807) is 18.0 Å². The molecular weight excluding hydrogens is 372 g/mol. The fourth-order valence-corrected chi connectivity index (χ4v) is 4.74. The van der Waals surface area contributed by atoms with E-state index in [0.717, 1.165) is 42.8 Å². The molecule has 1 saturated heterocycles. The van der Waals surface area contributed by atoms with Gasteiger partial charge in [-0.3, -0.25) is 14.3 Å². The third kappa shape index (κ3) is 4.24. The molecule has 2 amide bonds. The van der Waals surface area contributed by atoms with Gasteiger partial charge in [-0.2, -0.15) is 5.10 Å². The van der Waals surface area contributed by atoms with Crippen molar-refractivity contribution in [3.8, 4) is 0 Å². The highest BCUT2D eigenvalue weighted by Crippen LogP contribution is 2.20. The largest absolute Gasteiger partial charge is 0.338 e. The van der Waals surface area contributed by atoms with E-state index in [1.807, 2.05) is 32.7 Å². The van der Waals surface area contributed by atoms with Crippen LogP contribution >= 0.6 is 11.8 Å². The average Bonchev–Trinajstić information content (AvgIpc) is 3.18. The predicted octanol–water partition coefficient (Wildman–Crippen LogP) is 2.44. The number of amides is 2. The first kappa shape index (κ1) is 19.1. The molecule has 4 rings (SSSR count). The third-order valence-electron chi connectivity index (χ3n) is 5.47. The third-order valence-corrected chi connectivity index (χ3v) is 6.46. The zero-order valence-electron chi connectivity index (χ0n) is 16.0. The van der Waals surface area contributed by atoms with Gasteiger partial charge in [0.15, 0.2) is 0 Å². The second-order valence-corrected chi connectivity index (χ2v) is 8.32. The fourth-order valence-electron chi connectivity index (χ4n) is 3.85. The van der Waals surface area contributed by atoms with E-state index in [-0.39, 0.29) is 11.8 Å². The Bertz CT molecular complexity index is 828. The first-order valence-corrected chi connectivity index (χ1v) is 11.1. The van der Waals surface area contributed by atoms with Gasteiger partial charge in [-0.05, 0) is 24.8 Å². The fraction of sp³-hybridized carbons (Fsp3) is 0.476. The second-order valence-electron chi connectivity index (χ2n) is 7.34. The van der Waals surface area contributed by atoms with E-state index >= 15 is 0 Å². The van der Waals surface area contributed by atoms with Gasteiger partial charge in [0.05, 0.1) is 23.2 Å². The molecule has 0 saturated carbocycles. The average molecular weight is 399 g/mol. The molecule has 1 aromatic carbocycles. The van der Waals surface area contributed by atoms with Gasteiger partial charge in [0.2, 0.25) is 5.91 Å². The summed E-state index contributed by atoms with van der Waals surface area (Å²) in [6.07, 6.45) is 4.90. The zero-order chi connectivity index (χ0) is 19.3. The molecule has 0 spiro atoms. The Kier molecular flexibility index (Phi) is 6.00. The van der Waals surface area contributed by atoms with Gasteiger partial charge in [-0.15, -0.1) is 11.8 Å². The molecule has 148 valence electrons. The highest BCUT2D eigenvalue weighted by atomic mass is 32.2. The number of hydrogen-bond acceptors (Lipinski definition) is 4. The first-order chi connectivity index (χ1) is 13.7. The summed E-state index contributed by atoms with van der Waals surface area (Å²) < 4.78 is 1.97. The van der Waals surface area contributed by atoms with Crippen molar-refractivity contribution >= 4 is 23.6 Å². The van der Waals surface area contributed by atoms with Gasteiger partial charge in [0, 0.05) is 38.5 Å². The van der Waals surface area contributed by atoms with E-state index in [1.165, 1.54) is 5.56 Å². The molecule has 7 heteroatoms. The SMILES string of the molecule is O=C(CSCc1ccccc1)N1CCN(C(=O)c2cnn3c2CCCC3)CC1.